The van der Waals surface area contributed by atoms with E-state index in [1.54, 1.807) is 6.07 Å². The maximum atomic E-state index is 10.2. The molecule has 0 saturated carbocycles. The van der Waals surface area contributed by atoms with E-state index in [-0.39, 0.29) is 0 Å². The van der Waals surface area contributed by atoms with Crippen molar-refractivity contribution in [3.8, 4) is 0 Å². The predicted molar refractivity (Wildman–Crippen MR) is 62.4 cm³/mol. The fraction of sp³-hybridized carbons (Fsp3) is 0.308. The third-order valence-corrected chi connectivity index (χ3v) is 2.61. The van der Waals surface area contributed by atoms with Crippen molar-refractivity contribution >= 4 is 0 Å². The number of hydrogen-bond donors (Lipinski definition) is 1. The fourth-order valence-corrected chi connectivity index (χ4v) is 1.74. The summed E-state index contributed by atoms with van der Waals surface area (Å²) in [7, 11) is 1.54. The Morgan fingerprint density at radius 2 is 2.00 bits per heavy atom. The Morgan fingerprint density at radius 1 is 1.29 bits per heavy atom. The minimum atomic E-state index is -0.770. The average Bonchev–Trinajstić information content (AvgIpc) is 2.78. The first-order valence-electron chi connectivity index (χ1n) is 5.41. The van der Waals surface area contributed by atoms with E-state index >= 15 is 0 Å². The molecule has 1 N–H and O–H groups in total. The number of nitrogens with zero attached hydrogens (tertiary/aromatic N) is 1. The van der Waals surface area contributed by atoms with E-state index in [1.165, 1.54) is 7.11 Å². The summed E-state index contributed by atoms with van der Waals surface area (Å²) in [6, 6.07) is 11.1. The quantitative estimate of drug-likeness (QED) is 0.881. The van der Waals surface area contributed by atoms with Crippen molar-refractivity contribution < 1.29 is 14.4 Å². The second kappa shape index (κ2) is 5.12. The molecule has 1 heterocycles. The standard InChI is InChI=1S/C13H15NO3/c1-9-8-11(17-14-9)13(16-2)12(15)10-6-4-3-5-7-10/h3-8,12-13,15H,1-2H3/t12-,13+/m0/s1. The highest BCUT2D eigenvalue weighted by Gasteiger charge is 2.25. The molecule has 1 aromatic heterocycles. The predicted octanol–water partition coefficient (Wildman–Crippen LogP) is 2.40. The van der Waals surface area contributed by atoms with Gasteiger partial charge in [0.1, 0.15) is 12.2 Å². The lowest BCUT2D eigenvalue weighted by molar-refractivity contribution is -0.0295. The first kappa shape index (κ1) is 11.8. The monoisotopic (exact) mass is 233 g/mol. The normalized spacial score (nSPS) is 14.5. The molecule has 0 fully saturated rings. The lowest BCUT2D eigenvalue weighted by atomic mass is 10.0. The van der Waals surface area contributed by atoms with Crippen molar-refractivity contribution in [3.63, 3.8) is 0 Å². The number of methoxy groups -OCH3 is 1. The van der Waals surface area contributed by atoms with Crippen molar-refractivity contribution in [2.24, 2.45) is 0 Å². The molecule has 0 unspecified atom stereocenters. The third kappa shape index (κ3) is 2.54. The highest BCUT2D eigenvalue weighted by molar-refractivity contribution is 5.21. The number of ether oxygens (including phenoxy) is 1. The second-order valence-corrected chi connectivity index (χ2v) is 3.88. The zero-order valence-electron chi connectivity index (χ0n) is 9.83. The molecule has 0 radical (unpaired) electrons. The molecule has 4 nitrogen and oxygen atoms in total. The Hall–Kier alpha value is -1.65. The van der Waals surface area contributed by atoms with Crippen LogP contribution in [0.15, 0.2) is 40.9 Å². The zero-order valence-corrected chi connectivity index (χ0v) is 9.83. The van der Waals surface area contributed by atoms with E-state index < -0.39 is 12.2 Å². The molecule has 4 heteroatoms. The van der Waals surface area contributed by atoms with Crippen LogP contribution in [0.5, 0.6) is 0 Å². The van der Waals surface area contributed by atoms with Gasteiger partial charge in [-0.1, -0.05) is 35.5 Å². The Morgan fingerprint density at radius 3 is 2.53 bits per heavy atom. The number of aromatic nitrogens is 1. The van der Waals surface area contributed by atoms with Crippen LogP contribution in [0.3, 0.4) is 0 Å². The molecule has 0 aliphatic carbocycles. The van der Waals surface area contributed by atoms with Gasteiger partial charge in [-0.05, 0) is 12.5 Å². The van der Waals surface area contributed by atoms with Crippen molar-refractivity contribution in [1.29, 1.82) is 0 Å². The smallest absolute Gasteiger partial charge is 0.168 e. The van der Waals surface area contributed by atoms with E-state index in [4.69, 9.17) is 9.26 Å². The van der Waals surface area contributed by atoms with Crippen LogP contribution in [-0.2, 0) is 4.74 Å². The molecule has 0 amide bonds. The van der Waals surface area contributed by atoms with Crippen molar-refractivity contribution in [2.45, 2.75) is 19.1 Å². The number of rotatable bonds is 4. The first-order chi connectivity index (χ1) is 8.22. The molecule has 0 saturated heterocycles. The fourth-order valence-electron chi connectivity index (χ4n) is 1.74. The van der Waals surface area contributed by atoms with Gasteiger partial charge in [-0.25, -0.2) is 0 Å². The molecule has 17 heavy (non-hydrogen) atoms. The Bertz CT molecular complexity index is 467. The molecule has 0 spiro atoms. The third-order valence-electron chi connectivity index (χ3n) is 2.61. The number of aliphatic hydroxyl groups excluding tert-OH is 1. The summed E-state index contributed by atoms with van der Waals surface area (Å²) in [5, 5.41) is 14.0. The van der Waals surface area contributed by atoms with E-state index in [2.05, 4.69) is 5.16 Å². The molecule has 0 aliphatic rings. The Labute approximate surface area is 99.8 Å². The second-order valence-electron chi connectivity index (χ2n) is 3.88. The lowest BCUT2D eigenvalue weighted by Crippen LogP contribution is -2.12. The molecule has 0 aliphatic heterocycles. The Kier molecular flexibility index (Phi) is 3.56. The van der Waals surface area contributed by atoms with Crippen LogP contribution < -0.4 is 0 Å². The number of aliphatic hydroxyl groups is 1. The molecule has 1 aromatic carbocycles. The number of aryl methyl sites for hydroxylation is 1. The van der Waals surface area contributed by atoms with Gasteiger partial charge in [-0.3, -0.25) is 0 Å². The number of benzene rings is 1. The maximum Gasteiger partial charge on any atom is 0.168 e. The molecule has 2 atom stereocenters. The first-order valence-corrected chi connectivity index (χ1v) is 5.41. The Balaban J connectivity index is 2.25. The SMILES string of the molecule is CO[C@H](c1cc(C)no1)[C@@H](O)c1ccccc1. The van der Waals surface area contributed by atoms with E-state index in [1.807, 2.05) is 37.3 Å². The van der Waals surface area contributed by atoms with Crippen LogP contribution in [-0.4, -0.2) is 17.4 Å². The van der Waals surface area contributed by atoms with Crippen LogP contribution in [0, 0.1) is 6.92 Å². The maximum absolute atomic E-state index is 10.2. The summed E-state index contributed by atoms with van der Waals surface area (Å²) in [6.07, 6.45) is -1.31. The molecular weight excluding hydrogens is 218 g/mol. The van der Waals surface area contributed by atoms with Gasteiger partial charge in [0.05, 0.1) is 5.69 Å². The van der Waals surface area contributed by atoms with Crippen LogP contribution in [0.1, 0.15) is 29.2 Å². The molecule has 90 valence electrons. The molecule has 0 bridgehead atoms. The van der Waals surface area contributed by atoms with Gasteiger partial charge >= 0.3 is 0 Å². The summed E-state index contributed by atoms with van der Waals surface area (Å²) >= 11 is 0. The zero-order chi connectivity index (χ0) is 12.3. The lowest BCUT2D eigenvalue weighted by Gasteiger charge is -2.19. The van der Waals surface area contributed by atoms with Crippen molar-refractivity contribution in [1.82, 2.24) is 5.16 Å². The van der Waals surface area contributed by atoms with E-state index in [9.17, 15) is 5.11 Å². The van der Waals surface area contributed by atoms with Gasteiger partial charge < -0.3 is 14.4 Å². The highest BCUT2D eigenvalue weighted by Crippen LogP contribution is 2.31. The van der Waals surface area contributed by atoms with Crippen LogP contribution in [0.4, 0.5) is 0 Å². The minimum absolute atomic E-state index is 0.529. The van der Waals surface area contributed by atoms with E-state index in [0.29, 0.717) is 5.76 Å². The summed E-state index contributed by atoms with van der Waals surface area (Å²) in [4.78, 5) is 0. The van der Waals surface area contributed by atoms with Gasteiger partial charge in [0.25, 0.3) is 0 Å². The van der Waals surface area contributed by atoms with Crippen molar-refractivity contribution in [3.05, 3.63) is 53.4 Å². The highest BCUT2D eigenvalue weighted by atomic mass is 16.5. The average molecular weight is 233 g/mol. The summed E-state index contributed by atoms with van der Waals surface area (Å²) < 4.78 is 10.4. The molecule has 2 rings (SSSR count). The van der Waals surface area contributed by atoms with Crippen LogP contribution >= 0.6 is 0 Å². The van der Waals surface area contributed by atoms with Gasteiger partial charge in [0.15, 0.2) is 5.76 Å². The van der Waals surface area contributed by atoms with Crippen LogP contribution in [0.2, 0.25) is 0 Å². The van der Waals surface area contributed by atoms with E-state index in [0.717, 1.165) is 11.3 Å². The summed E-state index contributed by atoms with van der Waals surface area (Å²) in [5.41, 5.74) is 1.55. The topological polar surface area (TPSA) is 55.5 Å². The summed E-state index contributed by atoms with van der Waals surface area (Å²) in [5.74, 6) is 0.529. The van der Waals surface area contributed by atoms with Crippen molar-refractivity contribution in [2.75, 3.05) is 7.11 Å². The largest absolute Gasteiger partial charge is 0.385 e. The molecular formula is C13H15NO3. The number of hydrogen-bond acceptors (Lipinski definition) is 4. The van der Waals surface area contributed by atoms with Gasteiger partial charge in [0.2, 0.25) is 0 Å². The summed E-state index contributed by atoms with van der Waals surface area (Å²) in [6.45, 7) is 1.83. The van der Waals surface area contributed by atoms with Gasteiger partial charge in [-0.2, -0.15) is 0 Å². The van der Waals surface area contributed by atoms with Crippen LogP contribution in [0.25, 0.3) is 0 Å². The van der Waals surface area contributed by atoms with Gasteiger partial charge in [0, 0.05) is 13.2 Å². The molecule has 2 aromatic rings. The van der Waals surface area contributed by atoms with Gasteiger partial charge in [-0.15, -0.1) is 0 Å². The minimum Gasteiger partial charge on any atom is -0.385 e.